The van der Waals surface area contributed by atoms with Gasteiger partial charge in [0.15, 0.2) is 11.6 Å². The van der Waals surface area contributed by atoms with Gasteiger partial charge in [-0.2, -0.15) is 0 Å². The van der Waals surface area contributed by atoms with Gasteiger partial charge in [0.1, 0.15) is 11.6 Å². The number of aryl methyl sites for hydroxylation is 1. The summed E-state index contributed by atoms with van der Waals surface area (Å²) in [5.74, 6) is -2.11. The molecule has 0 aliphatic heterocycles. The number of benzene rings is 2. The van der Waals surface area contributed by atoms with E-state index >= 15 is 8.78 Å². The molecule has 2 aliphatic rings. The smallest absolute Gasteiger partial charge is 0.159 e. The van der Waals surface area contributed by atoms with E-state index in [2.05, 4.69) is 6.92 Å². The van der Waals surface area contributed by atoms with Crippen molar-refractivity contribution >= 4 is 0 Å². The molecular formula is C27H32F4. The molecule has 0 aromatic heterocycles. The summed E-state index contributed by atoms with van der Waals surface area (Å²) in [6, 6.07) is 5.46. The molecule has 2 aromatic carbocycles. The summed E-state index contributed by atoms with van der Waals surface area (Å²) in [7, 11) is 0. The molecule has 0 saturated heterocycles. The predicted octanol–water partition coefficient (Wildman–Crippen LogP) is 8.37. The van der Waals surface area contributed by atoms with Crippen LogP contribution in [0, 0.1) is 29.2 Å². The van der Waals surface area contributed by atoms with E-state index in [0.717, 1.165) is 42.7 Å². The third-order valence-electron chi connectivity index (χ3n) is 7.51. The number of hydrogen-bond acceptors (Lipinski definition) is 0. The number of rotatable bonds is 6. The first-order chi connectivity index (χ1) is 15.0. The average molecular weight is 433 g/mol. The lowest BCUT2D eigenvalue weighted by Crippen LogP contribution is -2.18. The lowest BCUT2D eigenvalue weighted by molar-refractivity contribution is 0.302. The Balaban J connectivity index is 1.45. The summed E-state index contributed by atoms with van der Waals surface area (Å²) in [4.78, 5) is 0. The van der Waals surface area contributed by atoms with Crippen LogP contribution >= 0.6 is 0 Å². The fourth-order valence-corrected chi connectivity index (χ4v) is 5.69. The molecule has 0 N–H and O–H groups in total. The highest BCUT2D eigenvalue weighted by atomic mass is 19.2. The Morgan fingerprint density at radius 3 is 2.00 bits per heavy atom. The standard InChI is InChI=1S/C27H32F4/c1-2-3-4-5-17-6-8-18(9-7-17)22-15-25(30)27(26(31)16-22)20-11-10-19-13-23(28)24(29)14-21(19)12-20/h13-18,20H,2-12H2,1H3. The van der Waals surface area contributed by atoms with Crippen LogP contribution < -0.4 is 0 Å². The van der Waals surface area contributed by atoms with Gasteiger partial charge in [0.05, 0.1) is 0 Å². The Kier molecular flexibility index (Phi) is 7.03. The van der Waals surface area contributed by atoms with Crippen molar-refractivity contribution in [2.45, 2.75) is 89.4 Å². The van der Waals surface area contributed by atoms with Crippen LogP contribution in [0.25, 0.3) is 0 Å². The van der Waals surface area contributed by atoms with E-state index in [0.29, 0.717) is 24.8 Å². The molecule has 2 aliphatic carbocycles. The van der Waals surface area contributed by atoms with E-state index in [9.17, 15) is 8.78 Å². The molecule has 0 radical (unpaired) electrons. The zero-order valence-corrected chi connectivity index (χ0v) is 18.3. The molecule has 1 saturated carbocycles. The maximum atomic E-state index is 15.1. The highest BCUT2D eigenvalue weighted by molar-refractivity contribution is 5.37. The average Bonchev–Trinajstić information content (AvgIpc) is 2.75. The summed E-state index contributed by atoms with van der Waals surface area (Å²) >= 11 is 0. The zero-order chi connectivity index (χ0) is 22.0. The van der Waals surface area contributed by atoms with Gasteiger partial charge in [-0.15, -0.1) is 0 Å². The number of unbranched alkanes of at least 4 members (excludes halogenated alkanes) is 2. The summed E-state index contributed by atoms with van der Waals surface area (Å²) in [5.41, 5.74) is 2.27. The summed E-state index contributed by atoms with van der Waals surface area (Å²) in [5, 5.41) is 0. The molecule has 1 unspecified atom stereocenters. The SMILES string of the molecule is CCCCCC1CCC(c2cc(F)c(C3CCc4cc(F)c(F)cc4C3)c(F)c2)CC1. The fraction of sp³-hybridized carbons (Fsp3) is 0.556. The third-order valence-corrected chi connectivity index (χ3v) is 7.51. The van der Waals surface area contributed by atoms with Gasteiger partial charge in [0.25, 0.3) is 0 Å². The molecule has 4 rings (SSSR count). The zero-order valence-electron chi connectivity index (χ0n) is 18.3. The summed E-state index contributed by atoms with van der Waals surface area (Å²) < 4.78 is 57.3. The van der Waals surface area contributed by atoms with Crippen molar-refractivity contribution in [1.29, 1.82) is 0 Å². The molecule has 31 heavy (non-hydrogen) atoms. The first-order valence-corrected chi connectivity index (χ1v) is 11.9. The van der Waals surface area contributed by atoms with Crippen molar-refractivity contribution < 1.29 is 17.6 Å². The monoisotopic (exact) mass is 432 g/mol. The van der Waals surface area contributed by atoms with Gasteiger partial charge >= 0.3 is 0 Å². The second-order valence-corrected chi connectivity index (χ2v) is 9.59. The van der Waals surface area contributed by atoms with Crippen molar-refractivity contribution in [1.82, 2.24) is 0 Å². The van der Waals surface area contributed by atoms with Gasteiger partial charge in [0, 0.05) is 5.56 Å². The normalized spacial score (nSPS) is 23.6. The van der Waals surface area contributed by atoms with Crippen LogP contribution in [0.2, 0.25) is 0 Å². The molecule has 2 aromatic rings. The van der Waals surface area contributed by atoms with Crippen molar-refractivity contribution in [3.05, 3.63) is 69.8 Å². The van der Waals surface area contributed by atoms with E-state index in [1.54, 1.807) is 0 Å². The van der Waals surface area contributed by atoms with Gasteiger partial charge < -0.3 is 0 Å². The van der Waals surface area contributed by atoms with Crippen LogP contribution in [-0.4, -0.2) is 0 Å². The summed E-state index contributed by atoms with van der Waals surface area (Å²) in [6.07, 6.45) is 10.7. The highest BCUT2D eigenvalue weighted by Gasteiger charge is 2.29. The molecule has 0 heterocycles. The summed E-state index contributed by atoms with van der Waals surface area (Å²) in [6.45, 7) is 2.22. The number of halogens is 4. The number of fused-ring (bicyclic) bond motifs is 1. The maximum Gasteiger partial charge on any atom is 0.159 e. The van der Waals surface area contributed by atoms with E-state index in [4.69, 9.17) is 0 Å². The van der Waals surface area contributed by atoms with Crippen LogP contribution in [0.1, 0.15) is 98.8 Å². The first-order valence-electron chi connectivity index (χ1n) is 11.9. The van der Waals surface area contributed by atoms with Crippen LogP contribution in [0.3, 0.4) is 0 Å². The van der Waals surface area contributed by atoms with E-state index in [-0.39, 0.29) is 17.4 Å². The molecule has 0 amide bonds. The third kappa shape index (κ3) is 4.99. The topological polar surface area (TPSA) is 0 Å². The highest BCUT2D eigenvalue weighted by Crippen LogP contribution is 2.41. The van der Waals surface area contributed by atoms with Gasteiger partial charge in [-0.05, 0) is 104 Å². The molecule has 1 atom stereocenters. The van der Waals surface area contributed by atoms with Crippen molar-refractivity contribution in [3.8, 4) is 0 Å². The molecule has 4 heteroatoms. The Morgan fingerprint density at radius 1 is 0.710 bits per heavy atom. The fourth-order valence-electron chi connectivity index (χ4n) is 5.69. The van der Waals surface area contributed by atoms with Gasteiger partial charge in [0.2, 0.25) is 0 Å². The lowest BCUT2D eigenvalue weighted by Gasteiger charge is -2.30. The molecule has 0 spiro atoms. The van der Waals surface area contributed by atoms with Gasteiger partial charge in [-0.3, -0.25) is 0 Å². The second kappa shape index (κ2) is 9.75. The minimum absolute atomic E-state index is 0.104. The number of hydrogen-bond donors (Lipinski definition) is 0. The van der Waals surface area contributed by atoms with E-state index in [1.807, 2.05) is 0 Å². The lowest BCUT2D eigenvalue weighted by atomic mass is 9.75. The first kappa shape index (κ1) is 22.4. The Labute approximate surface area is 183 Å². The largest absolute Gasteiger partial charge is 0.207 e. The van der Waals surface area contributed by atoms with Crippen molar-refractivity contribution in [2.75, 3.05) is 0 Å². The second-order valence-electron chi connectivity index (χ2n) is 9.59. The van der Waals surface area contributed by atoms with Crippen LogP contribution in [0.4, 0.5) is 17.6 Å². The Hall–Kier alpha value is -1.84. The van der Waals surface area contributed by atoms with Crippen LogP contribution in [0.15, 0.2) is 24.3 Å². The van der Waals surface area contributed by atoms with Crippen molar-refractivity contribution in [2.24, 2.45) is 5.92 Å². The Morgan fingerprint density at radius 2 is 1.35 bits per heavy atom. The minimum Gasteiger partial charge on any atom is -0.207 e. The molecule has 168 valence electrons. The predicted molar refractivity (Wildman–Crippen MR) is 116 cm³/mol. The maximum absolute atomic E-state index is 15.1. The van der Waals surface area contributed by atoms with Crippen LogP contribution in [0.5, 0.6) is 0 Å². The van der Waals surface area contributed by atoms with E-state index in [1.165, 1.54) is 49.9 Å². The Bertz CT molecular complexity index is 889. The van der Waals surface area contributed by atoms with Crippen LogP contribution in [-0.2, 0) is 12.8 Å². The minimum atomic E-state index is -0.902. The van der Waals surface area contributed by atoms with Gasteiger partial charge in [-0.25, -0.2) is 17.6 Å². The van der Waals surface area contributed by atoms with Crippen molar-refractivity contribution in [3.63, 3.8) is 0 Å². The van der Waals surface area contributed by atoms with Gasteiger partial charge in [-0.1, -0.05) is 32.6 Å². The van der Waals surface area contributed by atoms with E-state index < -0.39 is 23.3 Å². The molecular weight excluding hydrogens is 400 g/mol. The molecule has 1 fully saturated rings. The quantitative estimate of drug-likeness (QED) is 0.318. The molecule has 0 bridgehead atoms. The molecule has 0 nitrogen and oxygen atoms in total.